The van der Waals surface area contributed by atoms with Crippen molar-refractivity contribution in [2.24, 2.45) is 5.73 Å². The molecule has 5 N–H and O–H groups in total. The molecular weight excluding hydrogens is 592 g/mol. The first-order valence-corrected chi connectivity index (χ1v) is 14.6. The number of aldehydes is 2. The van der Waals surface area contributed by atoms with Crippen LogP contribution >= 0.6 is 0 Å². The number of nitrogens with one attached hydrogen (secondary N) is 1. The average Bonchev–Trinajstić information content (AvgIpc) is 3.12. The van der Waals surface area contributed by atoms with Gasteiger partial charge in [-0.1, -0.05) is 109 Å². The summed E-state index contributed by atoms with van der Waals surface area (Å²) >= 11 is 0. The van der Waals surface area contributed by atoms with E-state index in [1.54, 1.807) is 24.3 Å². The smallest absolute Gasteiger partial charge is 0.335 e. The van der Waals surface area contributed by atoms with E-state index in [9.17, 15) is 29.4 Å². The van der Waals surface area contributed by atoms with Gasteiger partial charge in [0.25, 0.3) is 0 Å². The van der Waals surface area contributed by atoms with Crippen molar-refractivity contribution in [3.63, 3.8) is 0 Å². The van der Waals surface area contributed by atoms with Crippen molar-refractivity contribution in [2.45, 2.75) is 6.54 Å². The van der Waals surface area contributed by atoms with E-state index in [2.05, 4.69) is 5.32 Å². The lowest BCUT2D eigenvalue weighted by atomic mass is 9.95. The first kappa shape index (κ1) is 31.9. The molecule has 0 fully saturated rings. The number of rotatable bonds is 12. The zero-order valence-corrected chi connectivity index (χ0v) is 25.1. The van der Waals surface area contributed by atoms with Crippen LogP contribution in [0.4, 0.5) is 0 Å². The molecule has 0 amide bonds. The Morgan fingerprint density at radius 3 is 1.40 bits per heavy atom. The van der Waals surface area contributed by atoms with Crippen molar-refractivity contribution in [1.29, 1.82) is 0 Å². The number of carbonyl (C=O) groups excluding carboxylic acids is 2. The van der Waals surface area contributed by atoms with Crippen LogP contribution in [0.25, 0.3) is 33.6 Å². The van der Waals surface area contributed by atoms with E-state index in [0.29, 0.717) is 29.3 Å². The molecule has 232 valence electrons. The minimum atomic E-state index is -1.28. The van der Waals surface area contributed by atoms with Gasteiger partial charge in [-0.25, -0.2) is 9.59 Å². The Morgan fingerprint density at radius 1 is 0.553 bits per heavy atom. The molecule has 0 aliphatic heterocycles. The summed E-state index contributed by atoms with van der Waals surface area (Å²) in [5.74, 6) is -2.57. The summed E-state index contributed by atoms with van der Waals surface area (Å²) in [6, 6.07) is 37.8. The zero-order chi connectivity index (χ0) is 33.3. The Balaban J connectivity index is 1.60. The van der Waals surface area contributed by atoms with Gasteiger partial charge >= 0.3 is 11.9 Å². The van der Waals surface area contributed by atoms with Gasteiger partial charge in [0.05, 0.1) is 33.7 Å². The second-order valence-electron chi connectivity index (χ2n) is 10.6. The molecule has 0 radical (unpaired) electrons. The third-order valence-corrected chi connectivity index (χ3v) is 7.63. The fourth-order valence-electron chi connectivity index (χ4n) is 5.20. The van der Waals surface area contributed by atoms with Crippen molar-refractivity contribution >= 4 is 35.9 Å². The summed E-state index contributed by atoms with van der Waals surface area (Å²) in [7, 11) is 0. The third-order valence-electron chi connectivity index (χ3n) is 7.63. The van der Waals surface area contributed by atoms with Crippen LogP contribution < -0.4 is 11.1 Å². The standard InChI is InChI=1S/C39H30N2O6/c40-36(30-15-11-28(12-16-30)26-7-3-1-4-8-26)34(23-42)35(24-43)37(31-17-13-29(14-18-31)27-9-5-2-6-10-27)41-22-25-19-32(38(44)45)21-33(20-25)39(46)47/h1-21,23-24,41H,22,40H2,(H,44,45)(H,46,47)/b36-34-,37-35-. The number of carbonyl (C=O) groups is 4. The van der Waals surface area contributed by atoms with Gasteiger partial charge in [-0.3, -0.25) is 9.59 Å². The second kappa shape index (κ2) is 14.5. The molecule has 0 saturated heterocycles. The molecule has 0 atom stereocenters. The predicted molar refractivity (Wildman–Crippen MR) is 181 cm³/mol. The van der Waals surface area contributed by atoms with Crippen LogP contribution in [0.2, 0.25) is 0 Å². The highest BCUT2D eigenvalue weighted by Gasteiger charge is 2.19. The summed E-state index contributed by atoms with van der Waals surface area (Å²) in [5.41, 5.74) is 11.7. The van der Waals surface area contributed by atoms with Gasteiger partial charge in [0, 0.05) is 6.54 Å². The maximum absolute atomic E-state index is 12.8. The maximum Gasteiger partial charge on any atom is 0.335 e. The Hall–Kier alpha value is -6.54. The number of hydrogen-bond donors (Lipinski definition) is 4. The fourth-order valence-corrected chi connectivity index (χ4v) is 5.20. The van der Waals surface area contributed by atoms with Gasteiger partial charge in [-0.2, -0.15) is 0 Å². The van der Waals surface area contributed by atoms with E-state index in [1.165, 1.54) is 12.1 Å². The molecule has 0 aliphatic carbocycles. The maximum atomic E-state index is 12.8. The first-order chi connectivity index (χ1) is 22.8. The SMILES string of the molecule is N/C(=C(C=O)\C(C=O)=C(/NCc1cc(C(=O)O)cc(C(=O)O)c1)c1ccc(-c2ccccc2)cc1)c1ccc(-c2ccccc2)cc1. The van der Waals surface area contributed by atoms with Crippen LogP contribution in [0.1, 0.15) is 37.4 Å². The summed E-state index contributed by atoms with van der Waals surface area (Å²) < 4.78 is 0. The number of benzene rings is 5. The lowest BCUT2D eigenvalue weighted by Crippen LogP contribution is -2.18. The minimum absolute atomic E-state index is 0.0232. The molecule has 0 aromatic heterocycles. The number of carboxylic acids is 2. The summed E-state index contributed by atoms with van der Waals surface area (Å²) in [6.45, 7) is -0.0632. The highest BCUT2D eigenvalue weighted by molar-refractivity contribution is 6.07. The van der Waals surface area contributed by atoms with Gasteiger partial charge in [0.1, 0.15) is 0 Å². The van der Waals surface area contributed by atoms with E-state index in [4.69, 9.17) is 5.73 Å². The van der Waals surface area contributed by atoms with Crippen molar-refractivity contribution in [2.75, 3.05) is 0 Å². The van der Waals surface area contributed by atoms with E-state index in [1.807, 2.05) is 84.9 Å². The number of allylic oxidation sites excluding steroid dienone is 2. The molecule has 47 heavy (non-hydrogen) atoms. The molecular formula is C39H30N2O6. The number of nitrogens with two attached hydrogens (primary N) is 1. The van der Waals surface area contributed by atoms with Crippen LogP contribution in [0.5, 0.6) is 0 Å². The van der Waals surface area contributed by atoms with Crippen molar-refractivity contribution < 1.29 is 29.4 Å². The van der Waals surface area contributed by atoms with Gasteiger partial charge in [0.15, 0.2) is 12.6 Å². The van der Waals surface area contributed by atoms with Crippen LogP contribution in [0.15, 0.2) is 139 Å². The molecule has 0 heterocycles. The van der Waals surface area contributed by atoms with Gasteiger partial charge in [-0.05, 0) is 57.1 Å². The van der Waals surface area contributed by atoms with Crippen molar-refractivity contribution in [1.82, 2.24) is 5.32 Å². The fraction of sp³-hybridized carbons (Fsp3) is 0.0256. The van der Waals surface area contributed by atoms with Crippen LogP contribution in [0, 0.1) is 0 Å². The molecule has 0 bridgehead atoms. The topological polar surface area (TPSA) is 147 Å². The molecule has 5 rings (SSSR count). The third kappa shape index (κ3) is 7.41. The quantitative estimate of drug-likeness (QED) is 0.0684. The molecule has 8 nitrogen and oxygen atoms in total. The Labute approximate surface area is 271 Å². The normalized spacial score (nSPS) is 11.9. The van der Waals surface area contributed by atoms with Crippen LogP contribution in [-0.4, -0.2) is 34.7 Å². The van der Waals surface area contributed by atoms with Gasteiger partial charge in [-0.15, -0.1) is 0 Å². The van der Waals surface area contributed by atoms with Crippen molar-refractivity contribution in [3.05, 3.63) is 166 Å². The molecule has 0 aliphatic rings. The molecule has 0 spiro atoms. The lowest BCUT2D eigenvalue weighted by molar-refractivity contribution is -0.107. The van der Waals surface area contributed by atoms with E-state index in [0.717, 1.165) is 28.3 Å². The molecule has 0 unspecified atom stereocenters. The van der Waals surface area contributed by atoms with E-state index < -0.39 is 11.9 Å². The summed E-state index contributed by atoms with van der Waals surface area (Å²) in [6.07, 6.45) is 1.07. The molecule has 5 aromatic carbocycles. The lowest BCUT2D eigenvalue weighted by Gasteiger charge is -2.17. The van der Waals surface area contributed by atoms with Crippen LogP contribution in [0.3, 0.4) is 0 Å². The van der Waals surface area contributed by atoms with Gasteiger partial charge < -0.3 is 21.3 Å². The van der Waals surface area contributed by atoms with Crippen LogP contribution in [-0.2, 0) is 16.1 Å². The summed E-state index contributed by atoms with van der Waals surface area (Å²) in [4.78, 5) is 48.8. The van der Waals surface area contributed by atoms with Gasteiger partial charge in [0.2, 0.25) is 0 Å². The molecule has 5 aromatic rings. The minimum Gasteiger partial charge on any atom is -0.478 e. The monoisotopic (exact) mass is 622 g/mol. The molecule has 8 heteroatoms. The second-order valence-corrected chi connectivity index (χ2v) is 10.6. The zero-order valence-electron chi connectivity index (χ0n) is 25.1. The Morgan fingerprint density at radius 2 is 0.979 bits per heavy atom. The highest BCUT2D eigenvalue weighted by atomic mass is 16.4. The molecule has 0 saturated carbocycles. The number of carboxylic acid groups (broad SMARTS) is 2. The van der Waals surface area contributed by atoms with E-state index in [-0.39, 0.29) is 40.2 Å². The van der Waals surface area contributed by atoms with E-state index >= 15 is 0 Å². The Kier molecular flexibility index (Phi) is 9.83. The average molecular weight is 623 g/mol. The summed E-state index contributed by atoms with van der Waals surface area (Å²) in [5, 5.41) is 22.3. The highest BCUT2D eigenvalue weighted by Crippen LogP contribution is 2.28. The number of hydrogen-bond acceptors (Lipinski definition) is 6. The number of aromatic carboxylic acids is 2. The largest absolute Gasteiger partial charge is 0.478 e. The predicted octanol–water partition coefficient (Wildman–Crippen LogP) is 6.69. The Bertz CT molecular complexity index is 1970. The first-order valence-electron chi connectivity index (χ1n) is 14.6. The van der Waals surface area contributed by atoms with Crippen molar-refractivity contribution in [3.8, 4) is 22.3 Å².